The van der Waals surface area contributed by atoms with E-state index in [1.54, 1.807) is 4.68 Å². The maximum absolute atomic E-state index is 12.2. The van der Waals surface area contributed by atoms with Crippen molar-refractivity contribution in [1.82, 2.24) is 14.1 Å². The molecule has 1 aromatic rings. The van der Waals surface area contributed by atoms with E-state index in [1.807, 2.05) is 12.4 Å². The topological polar surface area (TPSA) is 79.0 Å². The van der Waals surface area contributed by atoms with Crippen molar-refractivity contribution in [2.24, 2.45) is 0 Å². The van der Waals surface area contributed by atoms with Crippen molar-refractivity contribution >= 4 is 10.0 Å². The predicted molar refractivity (Wildman–Crippen MR) is 78.0 cm³/mol. The Morgan fingerprint density at radius 1 is 1.48 bits per heavy atom. The van der Waals surface area contributed by atoms with Crippen LogP contribution < -0.4 is 0 Å². The first-order valence-corrected chi connectivity index (χ1v) is 8.80. The summed E-state index contributed by atoms with van der Waals surface area (Å²) in [6.07, 6.45) is 5.57. The molecule has 1 aliphatic heterocycles. The van der Waals surface area contributed by atoms with E-state index >= 15 is 0 Å². The Morgan fingerprint density at radius 3 is 2.62 bits per heavy atom. The Morgan fingerprint density at radius 2 is 2.14 bits per heavy atom. The molecule has 114 valence electrons. The molecule has 6 nitrogen and oxygen atoms in total. The summed E-state index contributed by atoms with van der Waals surface area (Å²) in [6, 6.07) is 2.18. The minimum absolute atomic E-state index is 0.193. The van der Waals surface area contributed by atoms with E-state index in [9.17, 15) is 8.42 Å². The van der Waals surface area contributed by atoms with Gasteiger partial charge in [0, 0.05) is 19.3 Å². The standard InChI is InChI=1S/C14H20N4O2S/c1-11(2)12-7-16-18(8-12)14(5-6-15)9-17(10-14)21(19,20)13-3-4-13/h7-8,11,13H,3-5,9-10H2,1-2H3. The number of hydrogen-bond donors (Lipinski definition) is 0. The van der Waals surface area contributed by atoms with Crippen molar-refractivity contribution in [2.45, 2.75) is 49.8 Å². The zero-order valence-electron chi connectivity index (χ0n) is 12.4. The summed E-state index contributed by atoms with van der Waals surface area (Å²) in [5.74, 6) is 0.365. The van der Waals surface area contributed by atoms with Crippen molar-refractivity contribution in [3.05, 3.63) is 18.0 Å². The Labute approximate surface area is 125 Å². The molecule has 1 aliphatic carbocycles. The summed E-state index contributed by atoms with van der Waals surface area (Å²) in [5.41, 5.74) is 0.611. The Hall–Kier alpha value is -1.39. The van der Waals surface area contributed by atoms with Crippen LogP contribution in [0.3, 0.4) is 0 Å². The Balaban J connectivity index is 1.81. The van der Waals surface area contributed by atoms with Crippen LogP contribution in [0, 0.1) is 11.3 Å². The molecule has 3 rings (SSSR count). The molecule has 2 fully saturated rings. The molecule has 0 atom stereocenters. The van der Waals surface area contributed by atoms with Crippen LogP contribution in [0.15, 0.2) is 12.4 Å². The molecule has 0 unspecified atom stereocenters. The van der Waals surface area contributed by atoms with Crippen molar-refractivity contribution in [3.8, 4) is 6.07 Å². The van der Waals surface area contributed by atoms with E-state index < -0.39 is 15.6 Å². The minimum Gasteiger partial charge on any atom is -0.263 e. The van der Waals surface area contributed by atoms with Gasteiger partial charge in [-0.25, -0.2) is 8.42 Å². The molecule has 0 amide bonds. The number of hydrogen-bond acceptors (Lipinski definition) is 4. The van der Waals surface area contributed by atoms with Crippen LogP contribution in [0.2, 0.25) is 0 Å². The van der Waals surface area contributed by atoms with Crippen LogP contribution in [-0.4, -0.2) is 40.8 Å². The van der Waals surface area contributed by atoms with Gasteiger partial charge < -0.3 is 0 Å². The molecule has 2 heterocycles. The van der Waals surface area contributed by atoms with Gasteiger partial charge in [-0.1, -0.05) is 13.8 Å². The summed E-state index contributed by atoms with van der Waals surface area (Å²) in [7, 11) is -3.15. The maximum atomic E-state index is 12.2. The van der Waals surface area contributed by atoms with Gasteiger partial charge >= 0.3 is 0 Å². The SMILES string of the molecule is CC(C)c1cnn(C2(CC#N)CN(S(=O)(=O)C3CC3)C2)c1. The first-order valence-electron chi connectivity index (χ1n) is 7.30. The number of nitriles is 1. The second-order valence-electron chi connectivity index (χ2n) is 6.44. The molecule has 0 bridgehead atoms. The number of nitrogens with zero attached hydrogens (tertiary/aromatic N) is 4. The molecule has 7 heteroatoms. The number of rotatable bonds is 5. The van der Waals surface area contributed by atoms with Crippen molar-refractivity contribution in [3.63, 3.8) is 0 Å². The quantitative estimate of drug-likeness (QED) is 0.824. The van der Waals surface area contributed by atoms with Gasteiger partial charge in [0.2, 0.25) is 10.0 Å². The highest BCUT2D eigenvalue weighted by atomic mass is 32.2. The maximum Gasteiger partial charge on any atom is 0.217 e. The molecule has 0 aromatic carbocycles. The van der Waals surface area contributed by atoms with Gasteiger partial charge in [0.05, 0.1) is 23.9 Å². The van der Waals surface area contributed by atoms with Crippen molar-refractivity contribution < 1.29 is 8.42 Å². The van der Waals surface area contributed by atoms with Crippen molar-refractivity contribution in [2.75, 3.05) is 13.1 Å². The van der Waals surface area contributed by atoms with E-state index in [2.05, 4.69) is 25.0 Å². The molecule has 0 N–H and O–H groups in total. The van der Waals surface area contributed by atoms with Gasteiger partial charge in [-0.15, -0.1) is 0 Å². The van der Waals surface area contributed by atoms with Crippen LogP contribution in [0.25, 0.3) is 0 Å². The lowest BCUT2D eigenvalue weighted by atomic mass is 9.89. The van der Waals surface area contributed by atoms with E-state index in [4.69, 9.17) is 5.26 Å². The number of aromatic nitrogens is 2. The van der Waals surface area contributed by atoms with E-state index in [-0.39, 0.29) is 11.7 Å². The van der Waals surface area contributed by atoms with Crippen LogP contribution in [0.5, 0.6) is 0 Å². The van der Waals surface area contributed by atoms with E-state index in [0.29, 0.717) is 19.0 Å². The molecule has 0 spiro atoms. The van der Waals surface area contributed by atoms with Gasteiger partial charge in [-0.05, 0) is 24.3 Å². The zero-order chi connectivity index (χ0) is 15.3. The largest absolute Gasteiger partial charge is 0.263 e. The first kappa shape index (κ1) is 14.5. The zero-order valence-corrected chi connectivity index (χ0v) is 13.2. The smallest absolute Gasteiger partial charge is 0.217 e. The number of sulfonamides is 1. The summed E-state index contributed by atoms with van der Waals surface area (Å²) in [5, 5.41) is 13.3. The van der Waals surface area contributed by atoms with E-state index in [1.165, 1.54) is 4.31 Å². The molecule has 2 aliphatic rings. The molecular formula is C14H20N4O2S. The average Bonchev–Trinajstić information content (AvgIpc) is 3.12. The van der Waals surface area contributed by atoms with Gasteiger partial charge in [0.1, 0.15) is 5.54 Å². The molecule has 1 saturated carbocycles. The molecule has 1 saturated heterocycles. The van der Waals surface area contributed by atoms with Gasteiger partial charge in [0.25, 0.3) is 0 Å². The normalized spacial score (nSPS) is 22.0. The van der Waals surface area contributed by atoms with Gasteiger partial charge in [-0.2, -0.15) is 14.7 Å². The lowest BCUT2D eigenvalue weighted by molar-refractivity contribution is 0.0714. The lowest BCUT2D eigenvalue weighted by Crippen LogP contribution is -2.64. The summed E-state index contributed by atoms with van der Waals surface area (Å²) in [6.45, 7) is 4.89. The second kappa shape index (κ2) is 4.82. The Bertz CT molecular complexity index is 676. The van der Waals surface area contributed by atoms with Crippen LogP contribution in [0.1, 0.15) is 44.6 Å². The highest BCUT2D eigenvalue weighted by Crippen LogP contribution is 2.40. The van der Waals surface area contributed by atoms with Crippen LogP contribution in [-0.2, 0) is 15.6 Å². The fraction of sp³-hybridized carbons (Fsp3) is 0.714. The molecule has 1 aromatic heterocycles. The highest BCUT2D eigenvalue weighted by Gasteiger charge is 2.53. The molecule has 21 heavy (non-hydrogen) atoms. The highest BCUT2D eigenvalue weighted by molar-refractivity contribution is 7.90. The van der Waals surface area contributed by atoms with Crippen molar-refractivity contribution in [1.29, 1.82) is 5.26 Å². The van der Waals surface area contributed by atoms with Crippen LogP contribution in [0.4, 0.5) is 0 Å². The summed E-state index contributed by atoms with van der Waals surface area (Å²) < 4.78 is 27.8. The Kier molecular flexibility index (Phi) is 3.34. The summed E-state index contributed by atoms with van der Waals surface area (Å²) in [4.78, 5) is 0. The fourth-order valence-electron chi connectivity index (χ4n) is 2.75. The third-order valence-electron chi connectivity index (χ3n) is 4.41. The third kappa shape index (κ3) is 2.36. The molecular weight excluding hydrogens is 288 g/mol. The first-order chi connectivity index (χ1) is 9.89. The average molecular weight is 308 g/mol. The van der Waals surface area contributed by atoms with Crippen LogP contribution >= 0.6 is 0 Å². The monoisotopic (exact) mass is 308 g/mol. The van der Waals surface area contributed by atoms with Gasteiger partial charge in [0.15, 0.2) is 0 Å². The predicted octanol–water partition coefficient (Wildman–Crippen LogP) is 1.42. The summed E-state index contributed by atoms with van der Waals surface area (Å²) >= 11 is 0. The van der Waals surface area contributed by atoms with Gasteiger partial charge in [-0.3, -0.25) is 4.68 Å². The lowest BCUT2D eigenvalue weighted by Gasteiger charge is -2.48. The van der Waals surface area contributed by atoms with E-state index in [0.717, 1.165) is 18.4 Å². The molecule has 0 radical (unpaired) electrons. The minimum atomic E-state index is -3.15. The third-order valence-corrected chi connectivity index (χ3v) is 6.70. The fourth-order valence-corrected chi connectivity index (χ4v) is 4.74. The second-order valence-corrected chi connectivity index (χ2v) is 8.66.